The maximum Gasteiger partial charge on any atom is 0.123 e. The number of likely N-dealkylation sites (tertiary alicyclic amines) is 1. The van der Waals surface area contributed by atoms with Crippen LogP contribution in [0.15, 0.2) is 48.5 Å². The zero-order chi connectivity index (χ0) is 17.2. The highest BCUT2D eigenvalue weighted by molar-refractivity contribution is 5.23. The van der Waals surface area contributed by atoms with E-state index in [1.165, 1.54) is 11.6 Å². The molecule has 2 aromatic rings. The number of rotatable bonds is 4. The minimum Gasteiger partial charge on any atom is -0.312 e. The molecule has 2 fully saturated rings. The van der Waals surface area contributed by atoms with Crippen molar-refractivity contribution in [2.45, 2.75) is 30.7 Å². The van der Waals surface area contributed by atoms with Crippen LogP contribution in [0.2, 0.25) is 0 Å². The Hall–Kier alpha value is -1.78. The lowest BCUT2D eigenvalue weighted by atomic mass is 9.96. The number of hydrogen-bond donors (Lipinski definition) is 1. The zero-order valence-electron chi connectivity index (χ0n) is 14.3. The van der Waals surface area contributed by atoms with Crippen LogP contribution in [0, 0.1) is 11.6 Å². The van der Waals surface area contributed by atoms with Gasteiger partial charge in [0.1, 0.15) is 11.6 Å². The first kappa shape index (κ1) is 16.7. The Morgan fingerprint density at radius 2 is 1.80 bits per heavy atom. The summed E-state index contributed by atoms with van der Waals surface area (Å²) in [7, 11) is 0. The molecule has 0 aliphatic carbocycles. The van der Waals surface area contributed by atoms with Gasteiger partial charge in [-0.1, -0.05) is 24.3 Å². The van der Waals surface area contributed by atoms with Crippen LogP contribution in [-0.4, -0.2) is 37.1 Å². The second-order valence-electron chi connectivity index (χ2n) is 7.39. The normalized spacial score (nSPS) is 27.0. The molecule has 2 aliphatic heterocycles. The summed E-state index contributed by atoms with van der Waals surface area (Å²) in [6, 6.07) is 14.4. The van der Waals surface area contributed by atoms with Gasteiger partial charge in [0.25, 0.3) is 0 Å². The van der Waals surface area contributed by atoms with E-state index in [1.807, 2.05) is 18.2 Å². The first-order chi connectivity index (χ1) is 12.2. The highest BCUT2D eigenvalue weighted by Crippen LogP contribution is 2.30. The van der Waals surface area contributed by atoms with Crippen molar-refractivity contribution in [2.24, 2.45) is 0 Å². The molecule has 0 spiro atoms. The van der Waals surface area contributed by atoms with Gasteiger partial charge in [0.15, 0.2) is 0 Å². The molecule has 0 bridgehead atoms. The molecule has 0 saturated carbocycles. The Labute approximate surface area is 147 Å². The standard InChI is InChI=1S/C21H24F2N2/c22-19-6-4-15(5-7-19)18-11-21(24-12-18)14-25-9-8-17(13-25)16-2-1-3-20(23)10-16/h1-7,10,17-18,21,24H,8-9,11-14H2/t17-,18-,21-/m0/s1. The van der Waals surface area contributed by atoms with Crippen LogP contribution in [0.25, 0.3) is 0 Å². The summed E-state index contributed by atoms with van der Waals surface area (Å²) in [6.45, 7) is 4.06. The summed E-state index contributed by atoms with van der Waals surface area (Å²) < 4.78 is 26.5. The summed E-state index contributed by atoms with van der Waals surface area (Å²) in [5.74, 6) is 0.583. The molecule has 2 heterocycles. The summed E-state index contributed by atoms with van der Waals surface area (Å²) in [4.78, 5) is 2.49. The van der Waals surface area contributed by atoms with E-state index in [9.17, 15) is 8.78 Å². The Morgan fingerprint density at radius 1 is 0.960 bits per heavy atom. The summed E-state index contributed by atoms with van der Waals surface area (Å²) in [5, 5.41) is 3.61. The molecule has 2 nitrogen and oxygen atoms in total. The van der Waals surface area contributed by atoms with Crippen LogP contribution >= 0.6 is 0 Å². The van der Waals surface area contributed by atoms with E-state index in [2.05, 4.69) is 10.2 Å². The first-order valence-corrected chi connectivity index (χ1v) is 9.14. The second-order valence-corrected chi connectivity index (χ2v) is 7.39. The number of nitrogens with zero attached hydrogens (tertiary/aromatic N) is 1. The predicted octanol–water partition coefficient (Wildman–Crippen LogP) is 3.90. The van der Waals surface area contributed by atoms with E-state index in [1.54, 1.807) is 24.3 Å². The fourth-order valence-corrected chi connectivity index (χ4v) is 4.29. The molecule has 3 atom stereocenters. The lowest BCUT2D eigenvalue weighted by Crippen LogP contribution is -2.36. The smallest absolute Gasteiger partial charge is 0.123 e. The van der Waals surface area contributed by atoms with Crippen LogP contribution in [-0.2, 0) is 0 Å². The van der Waals surface area contributed by atoms with Crippen LogP contribution < -0.4 is 5.32 Å². The number of nitrogens with one attached hydrogen (secondary N) is 1. The van der Waals surface area contributed by atoms with Gasteiger partial charge in [0.2, 0.25) is 0 Å². The third-order valence-corrected chi connectivity index (χ3v) is 5.63. The quantitative estimate of drug-likeness (QED) is 0.907. The van der Waals surface area contributed by atoms with Gasteiger partial charge in [-0.05, 0) is 66.6 Å². The van der Waals surface area contributed by atoms with E-state index < -0.39 is 0 Å². The highest BCUT2D eigenvalue weighted by Gasteiger charge is 2.30. The van der Waals surface area contributed by atoms with Gasteiger partial charge in [0.05, 0.1) is 0 Å². The van der Waals surface area contributed by atoms with Crippen LogP contribution in [0.3, 0.4) is 0 Å². The molecule has 4 heteroatoms. The Morgan fingerprint density at radius 3 is 2.60 bits per heavy atom. The predicted molar refractivity (Wildman–Crippen MR) is 95.7 cm³/mol. The zero-order valence-corrected chi connectivity index (χ0v) is 14.3. The fraction of sp³-hybridized carbons (Fsp3) is 0.429. The third-order valence-electron chi connectivity index (χ3n) is 5.63. The van der Waals surface area contributed by atoms with Gasteiger partial charge in [-0.15, -0.1) is 0 Å². The third kappa shape index (κ3) is 3.91. The molecule has 0 radical (unpaired) electrons. The van der Waals surface area contributed by atoms with E-state index in [0.29, 0.717) is 17.9 Å². The van der Waals surface area contributed by atoms with E-state index in [-0.39, 0.29) is 11.6 Å². The van der Waals surface area contributed by atoms with Crippen molar-refractivity contribution >= 4 is 0 Å². The fourth-order valence-electron chi connectivity index (χ4n) is 4.29. The molecule has 4 rings (SSSR count). The van der Waals surface area contributed by atoms with Crippen LogP contribution in [0.1, 0.15) is 35.8 Å². The Bertz CT molecular complexity index is 716. The maximum atomic E-state index is 13.4. The molecule has 1 N–H and O–H groups in total. The molecule has 132 valence electrons. The van der Waals surface area contributed by atoms with Gasteiger partial charge >= 0.3 is 0 Å². The van der Waals surface area contributed by atoms with Crippen molar-refractivity contribution in [2.75, 3.05) is 26.2 Å². The molecule has 0 unspecified atom stereocenters. The molecular formula is C21H24F2N2. The monoisotopic (exact) mass is 342 g/mol. The molecule has 2 saturated heterocycles. The lowest BCUT2D eigenvalue weighted by molar-refractivity contribution is 0.299. The van der Waals surface area contributed by atoms with Crippen molar-refractivity contribution in [3.05, 3.63) is 71.3 Å². The van der Waals surface area contributed by atoms with Gasteiger partial charge < -0.3 is 10.2 Å². The maximum absolute atomic E-state index is 13.4. The SMILES string of the molecule is Fc1ccc([C@@H]2CN[C@H](CN3CC[C@H](c4cccc(F)c4)C3)C2)cc1. The van der Waals surface area contributed by atoms with Gasteiger partial charge in [-0.2, -0.15) is 0 Å². The van der Waals surface area contributed by atoms with Crippen molar-refractivity contribution in [1.29, 1.82) is 0 Å². The largest absolute Gasteiger partial charge is 0.312 e. The average molecular weight is 342 g/mol. The minimum absolute atomic E-state index is 0.143. The Kier molecular flexibility index (Phi) is 4.82. The summed E-state index contributed by atoms with van der Waals surface area (Å²) >= 11 is 0. The lowest BCUT2D eigenvalue weighted by Gasteiger charge is -2.21. The minimum atomic E-state index is -0.174. The van der Waals surface area contributed by atoms with Crippen LogP contribution in [0.4, 0.5) is 8.78 Å². The van der Waals surface area contributed by atoms with E-state index >= 15 is 0 Å². The second kappa shape index (κ2) is 7.22. The van der Waals surface area contributed by atoms with Gasteiger partial charge in [-0.25, -0.2) is 8.78 Å². The molecule has 0 amide bonds. The van der Waals surface area contributed by atoms with Crippen molar-refractivity contribution in [1.82, 2.24) is 10.2 Å². The number of hydrogen-bond acceptors (Lipinski definition) is 2. The molecule has 25 heavy (non-hydrogen) atoms. The van der Waals surface area contributed by atoms with Crippen molar-refractivity contribution in [3.8, 4) is 0 Å². The van der Waals surface area contributed by atoms with Gasteiger partial charge in [-0.3, -0.25) is 0 Å². The van der Waals surface area contributed by atoms with E-state index in [0.717, 1.165) is 44.6 Å². The molecule has 0 aromatic heterocycles. The number of halogens is 2. The molecule has 2 aromatic carbocycles. The summed E-state index contributed by atoms with van der Waals surface area (Å²) in [6.07, 6.45) is 2.18. The van der Waals surface area contributed by atoms with E-state index in [4.69, 9.17) is 0 Å². The van der Waals surface area contributed by atoms with Crippen molar-refractivity contribution < 1.29 is 8.78 Å². The number of benzene rings is 2. The van der Waals surface area contributed by atoms with Crippen molar-refractivity contribution in [3.63, 3.8) is 0 Å². The molecular weight excluding hydrogens is 318 g/mol. The van der Waals surface area contributed by atoms with Gasteiger partial charge in [0, 0.05) is 25.7 Å². The highest BCUT2D eigenvalue weighted by atomic mass is 19.1. The van der Waals surface area contributed by atoms with Crippen LogP contribution in [0.5, 0.6) is 0 Å². The topological polar surface area (TPSA) is 15.3 Å². The first-order valence-electron chi connectivity index (χ1n) is 9.14. The Balaban J connectivity index is 1.31. The average Bonchev–Trinajstić information content (AvgIpc) is 3.26. The molecule has 2 aliphatic rings. The summed E-state index contributed by atoms with van der Waals surface area (Å²) in [5.41, 5.74) is 2.33.